The summed E-state index contributed by atoms with van der Waals surface area (Å²) in [6.07, 6.45) is 3.29. The van der Waals surface area contributed by atoms with Crippen molar-refractivity contribution in [2.75, 3.05) is 13.1 Å². The molecule has 0 heterocycles. The molecule has 1 amide bonds. The van der Waals surface area contributed by atoms with E-state index in [0.29, 0.717) is 12.6 Å². The highest BCUT2D eigenvalue weighted by molar-refractivity contribution is 5.78. The second kappa shape index (κ2) is 4.61. The normalized spacial score (nSPS) is 16.3. The SMILES string of the molecule is CC(C)C(=O)N(CCCN)C1CC1. The molecule has 0 radical (unpaired) electrons. The highest BCUT2D eigenvalue weighted by Gasteiger charge is 2.32. The summed E-state index contributed by atoms with van der Waals surface area (Å²) in [6, 6.07) is 0.529. The van der Waals surface area contributed by atoms with Gasteiger partial charge in [-0.15, -0.1) is 0 Å². The largest absolute Gasteiger partial charge is 0.339 e. The molecule has 1 aliphatic rings. The van der Waals surface area contributed by atoms with Gasteiger partial charge in [0.05, 0.1) is 0 Å². The maximum Gasteiger partial charge on any atom is 0.225 e. The number of nitrogens with zero attached hydrogens (tertiary/aromatic N) is 1. The second-order valence-corrected chi connectivity index (χ2v) is 4.06. The van der Waals surface area contributed by atoms with Gasteiger partial charge in [0, 0.05) is 18.5 Å². The van der Waals surface area contributed by atoms with Crippen LogP contribution in [0.1, 0.15) is 33.1 Å². The van der Waals surface area contributed by atoms with E-state index in [4.69, 9.17) is 5.73 Å². The number of nitrogens with two attached hydrogens (primary N) is 1. The van der Waals surface area contributed by atoms with Crippen LogP contribution in [0.4, 0.5) is 0 Å². The third-order valence-electron chi connectivity index (χ3n) is 2.37. The van der Waals surface area contributed by atoms with Gasteiger partial charge in [-0.3, -0.25) is 4.79 Å². The van der Waals surface area contributed by atoms with Crippen LogP contribution in [0.25, 0.3) is 0 Å². The van der Waals surface area contributed by atoms with Crippen LogP contribution in [-0.2, 0) is 4.79 Å². The summed E-state index contributed by atoms with van der Waals surface area (Å²) in [5.74, 6) is 0.411. The first-order valence-corrected chi connectivity index (χ1v) is 5.17. The third kappa shape index (κ3) is 2.99. The van der Waals surface area contributed by atoms with E-state index in [1.807, 2.05) is 18.7 Å². The molecule has 76 valence electrons. The summed E-state index contributed by atoms with van der Waals surface area (Å²) in [6.45, 7) is 5.44. The summed E-state index contributed by atoms with van der Waals surface area (Å²) < 4.78 is 0. The van der Waals surface area contributed by atoms with E-state index in [9.17, 15) is 4.79 Å². The van der Waals surface area contributed by atoms with Gasteiger partial charge < -0.3 is 10.6 Å². The molecule has 0 aliphatic heterocycles. The lowest BCUT2D eigenvalue weighted by molar-refractivity contribution is -0.135. The minimum absolute atomic E-state index is 0.123. The van der Waals surface area contributed by atoms with Gasteiger partial charge in [-0.1, -0.05) is 13.8 Å². The van der Waals surface area contributed by atoms with Gasteiger partial charge in [0.15, 0.2) is 0 Å². The van der Waals surface area contributed by atoms with Crippen LogP contribution in [0.15, 0.2) is 0 Å². The highest BCUT2D eigenvalue weighted by atomic mass is 16.2. The molecule has 3 nitrogen and oxygen atoms in total. The Morgan fingerprint density at radius 2 is 2.15 bits per heavy atom. The molecule has 0 aromatic rings. The third-order valence-corrected chi connectivity index (χ3v) is 2.37. The number of carbonyl (C=O) groups excluding carboxylic acids is 1. The smallest absolute Gasteiger partial charge is 0.225 e. The monoisotopic (exact) mass is 184 g/mol. The van der Waals surface area contributed by atoms with Crippen LogP contribution in [0.5, 0.6) is 0 Å². The first-order valence-electron chi connectivity index (χ1n) is 5.17. The maximum atomic E-state index is 11.7. The summed E-state index contributed by atoms with van der Waals surface area (Å²) in [7, 11) is 0. The van der Waals surface area contributed by atoms with Gasteiger partial charge in [0.2, 0.25) is 5.91 Å². The molecule has 0 aromatic carbocycles. The maximum absolute atomic E-state index is 11.7. The first kappa shape index (κ1) is 10.5. The summed E-state index contributed by atoms with van der Waals surface area (Å²) in [5.41, 5.74) is 5.44. The zero-order valence-electron chi connectivity index (χ0n) is 8.62. The van der Waals surface area contributed by atoms with Gasteiger partial charge >= 0.3 is 0 Å². The lowest BCUT2D eigenvalue weighted by Crippen LogP contribution is -2.37. The zero-order chi connectivity index (χ0) is 9.84. The van der Waals surface area contributed by atoms with Crippen molar-refractivity contribution in [1.82, 2.24) is 4.90 Å². The molecular formula is C10H20N2O. The summed E-state index contributed by atoms with van der Waals surface area (Å²) in [5, 5.41) is 0. The molecule has 0 bridgehead atoms. The number of hydrogen-bond donors (Lipinski definition) is 1. The minimum Gasteiger partial charge on any atom is -0.339 e. The Kier molecular flexibility index (Phi) is 3.72. The van der Waals surface area contributed by atoms with Crippen LogP contribution in [0, 0.1) is 5.92 Å². The van der Waals surface area contributed by atoms with Crippen molar-refractivity contribution in [3.63, 3.8) is 0 Å². The Bertz CT molecular complexity index is 176. The fourth-order valence-corrected chi connectivity index (χ4v) is 1.45. The van der Waals surface area contributed by atoms with Gasteiger partial charge in [-0.2, -0.15) is 0 Å². The lowest BCUT2D eigenvalue weighted by atomic mass is 10.2. The van der Waals surface area contributed by atoms with Gasteiger partial charge in [-0.05, 0) is 25.8 Å². The molecule has 0 atom stereocenters. The fraction of sp³-hybridized carbons (Fsp3) is 0.900. The van der Waals surface area contributed by atoms with Crippen LogP contribution in [-0.4, -0.2) is 29.9 Å². The van der Waals surface area contributed by atoms with Crippen LogP contribution in [0.2, 0.25) is 0 Å². The Balaban J connectivity index is 2.41. The predicted octanol–water partition coefficient (Wildman–Crippen LogP) is 0.982. The van der Waals surface area contributed by atoms with Gasteiger partial charge in [-0.25, -0.2) is 0 Å². The lowest BCUT2D eigenvalue weighted by Gasteiger charge is -2.24. The molecule has 0 unspecified atom stereocenters. The van der Waals surface area contributed by atoms with E-state index in [1.54, 1.807) is 0 Å². The average Bonchev–Trinajstić information content (AvgIpc) is 2.88. The van der Waals surface area contributed by atoms with E-state index >= 15 is 0 Å². The van der Waals surface area contributed by atoms with Crippen molar-refractivity contribution in [3.05, 3.63) is 0 Å². The van der Waals surface area contributed by atoms with Crippen LogP contribution in [0.3, 0.4) is 0 Å². The quantitative estimate of drug-likeness (QED) is 0.692. The Hall–Kier alpha value is -0.570. The molecule has 0 saturated heterocycles. The average molecular weight is 184 g/mol. The topological polar surface area (TPSA) is 46.3 Å². The molecular weight excluding hydrogens is 164 g/mol. The molecule has 1 rings (SSSR count). The molecule has 1 saturated carbocycles. The van der Waals surface area contributed by atoms with Crippen LogP contribution < -0.4 is 5.73 Å². The van der Waals surface area contributed by atoms with Crippen molar-refractivity contribution >= 4 is 5.91 Å². The Morgan fingerprint density at radius 3 is 2.54 bits per heavy atom. The first-order chi connectivity index (χ1) is 6.16. The Labute approximate surface area is 80.3 Å². The Morgan fingerprint density at radius 1 is 1.54 bits per heavy atom. The molecule has 0 spiro atoms. The van der Waals surface area contributed by atoms with Gasteiger partial charge in [0.1, 0.15) is 0 Å². The minimum atomic E-state index is 0.123. The van der Waals surface area contributed by atoms with Crippen LogP contribution >= 0.6 is 0 Å². The number of rotatable bonds is 5. The highest BCUT2D eigenvalue weighted by Crippen LogP contribution is 2.28. The van der Waals surface area contributed by atoms with Gasteiger partial charge in [0.25, 0.3) is 0 Å². The summed E-state index contributed by atoms with van der Waals surface area (Å²) in [4.78, 5) is 13.7. The standard InChI is InChI=1S/C10H20N2O/c1-8(2)10(13)12(7-3-6-11)9-4-5-9/h8-9H,3-7,11H2,1-2H3. The van der Waals surface area contributed by atoms with Crippen molar-refractivity contribution in [3.8, 4) is 0 Å². The van der Waals surface area contributed by atoms with E-state index in [1.165, 1.54) is 12.8 Å². The van der Waals surface area contributed by atoms with Crippen molar-refractivity contribution in [1.29, 1.82) is 0 Å². The molecule has 2 N–H and O–H groups in total. The number of amides is 1. The summed E-state index contributed by atoms with van der Waals surface area (Å²) >= 11 is 0. The molecule has 1 aliphatic carbocycles. The zero-order valence-corrected chi connectivity index (χ0v) is 8.62. The molecule has 13 heavy (non-hydrogen) atoms. The molecule has 3 heteroatoms. The predicted molar refractivity (Wildman–Crippen MR) is 53.2 cm³/mol. The number of carbonyl (C=O) groups is 1. The fourth-order valence-electron chi connectivity index (χ4n) is 1.45. The van der Waals surface area contributed by atoms with E-state index in [-0.39, 0.29) is 11.8 Å². The van der Waals surface area contributed by atoms with Crippen molar-refractivity contribution < 1.29 is 4.79 Å². The second-order valence-electron chi connectivity index (χ2n) is 4.06. The van der Waals surface area contributed by atoms with Crippen molar-refractivity contribution in [2.24, 2.45) is 11.7 Å². The van der Waals surface area contributed by atoms with E-state index in [2.05, 4.69) is 0 Å². The van der Waals surface area contributed by atoms with Crippen molar-refractivity contribution in [2.45, 2.75) is 39.2 Å². The van der Waals surface area contributed by atoms with E-state index in [0.717, 1.165) is 13.0 Å². The molecule has 0 aromatic heterocycles. The number of hydrogen-bond acceptors (Lipinski definition) is 2. The molecule has 1 fully saturated rings. The van der Waals surface area contributed by atoms with E-state index < -0.39 is 0 Å².